The fourth-order valence-electron chi connectivity index (χ4n) is 2.62. The Morgan fingerprint density at radius 1 is 1.42 bits per heavy atom. The molecule has 6 heteroatoms. The Balaban J connectivity index is 2.39. The second-order valence-corrected chi connectivity index (χ2v) is 5.44. The molecule has 0 radical (unpaired) electrons. The molecule has 106 valence electrons. The molecule has 0 bridgehead atoms. The van der Waals surface area contributed by atoms with Crippen LogP contribution in [0.4, 0.5) is 0 Å². The highest BCUT2D eigenvalue weighted by molar-refractivity contribution is 5.81. The van der Waals surface area contributed by atoms with Crippen LogP contribution in [-0.4, -0.2) is 38.7 Å². The SMILES string of the molecule is CCN1Cc2nnc(CCN)n2[C@@H](CC(C)C)C1=O. The first-order valence-electron chi connectivity index (χ1n) is 7.00. The van der Waals surface area contributed by atoms with Crippen molar-refractivity contribution >= 4 is 5.91 Å². The summed E-state index contributed by atoms with van der Waals surface area (Å²) >= 11 is 0. The summed E-state index contributed by atoms with van der Waals surface area (Å²) in [6, 6.07) is -0.166. The minimum atomic E-state index is -0.166. The van der Waals surface area contributed by atoms with Crippen LogP contribution in [0.15, 0.2) is 0 Å². The Kier molecular flexibility index (Phi) is 4.19. The van der Waals surface area contributed by atoms with E-state index in [0.29, 0.717) is 32.0 Å². The molecule has 0 aliphatic carbocycles. The Labute approximate surface area is 114 Å². The van der Waals surface area contributed by atoms with Gasteiger partial charge in [0.1, 0.15) is 11.9 Å². The number of aromatic nitrogens is 3. The Morgan fingerprint density at radius 3 is 2.74 bits per heavy atom. The molecular weight excluding hydrogens is 242 g/mol. The third-order valence-electron chi connectivity index (χ3n) is 3.52. The summed E-state index contributed by atoms with van der Waals surface area (Å²) in [7, 11) is 0. The quantitative estimate of drug-likeness (QED) is 0.851. The van der Waals surface area contributed by atoms with Crippen molar-refractivity contribution in [2.45, 2.75) is 46.2 Å². The molecule has 1 aliphatic heterocycles. The number of hydrogen-bond donors (Lipinski definition) is 1. The molecule has 2 heterocycles. The zero-order chi connectivity index (χ0) is 14.0. The molecule has 1 amide bonds. The molecule has 1 aromatic rings. The smallest absolute Gasteiger partial charge is 0.246 e. The molecule has 0 fully saturated rings. The van der Waals surface area contributed by atoms with E-state index in [1.165, 1.54) is 0 Å². The van der Waals surface area contributed by atoms with Crippen molar-refractivity contribution in [2.75, 3.05) is 13.1 Å². The van der Waals surface area contributed by atoms with E-state index in [2.05, 4.69) is 24.0 Å². The van der Waals surface area contributed by atoms with Gasteiger partial charge in [0.2, 0.25) is 5.91 Å². The number of carbonyl (C=O) groups is 1. The summed E-state index contributed by atoms with van der Waals surface area (Å²) in [6.07, 6.45) is 1.49. The highest BCUT2D eigenvalue weighted by atomic mass is 16.2. The van der Waals surface area contributed by atoms with E-state index in [1.54, 1.807) is 0 Å². The van der Waals surface area contributed by atoms with Crippen LogP contribution < -0.4 is 5.73 Å². The number of likely N-dealkylation sites (N-methyl/N-ethyl adjacent to an activating group) is 1. The molecule has 1 aromatic heterocycles. The van der Waals surface area contributed by atoms with Gasteiger partial charge in [-0.3, -0.25) is 4.79 Å². The first-order valence-corrected chi connectivity index (χ1v) is 7.00. The van der Waals surface area contributed by atoms with Gasteiger partial charge in [-0.1, -0.05) is 13.8 Å². The van der Waals surface area contributed by atoms with Crippen molar-refractivity contribution in [3.63, 3.8) is 0 Å². The molecule has 0 aromatic carbocycles. The maximum atomic E-state index is 12.5. The highest BCUT2D eigenvalue weighted by Gasteiger charge is 2.35. The number of carbonyl (C=O) groups excluding carboxylic acids is 1. The zero-order valence-electron chi connectivity index (χ0n) is 12.0. The van der Waals surface area contributed by atoms with Crippen molar-refractivity contribution in [1.82, 2.24) is 19.7 Å². The summed E-state index contributed by atoms with van der Waals surface area (Å²) in [5.41, 5.74) is 5.61. The van der Waals surface area contributed by atoms with E-state index in [-0.39, 0.29) is 11.9 Å². The van der Waals surface area contributed by atoms with Gasteiger partial charge in [-0.25, -0.2) is 0 Å². The molecule has 0 saturated carbocycles. The van der Waals surface area contributed by atoms with Crippen LogP contribution in [0, 0.1) is 5.92 Å². The second kappa shape index (κ2) is 5.69. The average Bonchev–Trinajstić information content (AvgIpc) is 2.75. The van der Waals surface area contributed by atoms with Gasteiger partial charge in [0.15, 0.2) is 5.82 Å². The second-order valence-electron chi connectivity index (χ2n) is 5.44. The van der Waals surface area contributed by atoms with Gasteiger partial charge in [0.05, 0.1) is 6.54 Å². The van der Waals surface area contributed by atoms with E-state index >= 15 is 0 Å². The third-order valence-corrected chi connectivity index (χ3v) is 3.52. The van der Waals surface area contributed by atoms with Crippen LogP contribution in [0.3, 0.4) is 0 Å². The average molecular weight is 265 g/mol. The zero-order valence-corrected chi connectivity index (χ0v) is 12.0. The largest absolute Gasteiger partial charge is 0.334 e. The predicted molar refractivity (Wildman–Crippen MR) is 72.4 cm³/mol. The Bertz CT molecular complexity index is 454. The van der Waals surface area contributed by atoms with E-state index in [1.807, 2.05) is 16.4 Å². The van der Waals surface area contributed by atoms with Crippen LogP contribution in [0.25, 0.3) is 0 Å². The topological polar surface area (TPSA) is 77.0 Å². The lowest BCUT2D eigenvalue weighted by Gasteiger charge is -2.34. The standard InChI is InChI=1S/C13H23N5O/c1-4-17-8-12-16-15-11(5-6-14)18(12)10(13(17)19)7-9(2)3/h9-10H,4-8,14H2,1-3H3/t10-/m0/s1. The highest BCUT2D eigenvalue weighted by Crippen LogP contribution is 2.28. The Hall–Kier alpha value is -1.43. The van der Waals surface area contributed by atoms with Crippen molar-refractivity contribution in [3.8, 4) is 0 Å². The number of nitrogens with two attached hydrogens (primary N) is 1. The molecule has 2 N–H and O–H groups in total. The molecule has 2 rings (SSSR count). The lowest BCUT2D eigenvalue weighted by Crippen LogP contribution is -2.43. The summed E-state index contributed by atoms with van der Waals surface area (Å²) in [4.78, 5) is 14.4. The molecule has 19 heavy (non-hydrogen) atoms. The molecule has 0 saturated heterocycles. The van der Waals surface area contributed by atoms with Gasteiger partial charge in [0, 0.05) is 13.0 Å². The fourth-order valence-corrected chi connectivity index (χ4v) is 2.62. The molecule has 0 spiro atoms. The molecule has 6 nitrogen and oxygen atoms in total. The van der Waals surface area contributed by atoms with E-state index in [0.717, 1.165) is 18.1 Å². The lowest BCUT2D eigenvalue weighted by molar-refractivity contribution is -0.137. The summed E-state index contributed by atoms with van der Waals surface area (Å²) < 4.78 is 2.02. The van der Waals surface area contributed by atoms with Crippen molar-refractivity contribution in [3.05, 3.63) is 11.6 Å². The van der Waals surface area contributed by atoms with Crippen LogP contribution in [0.1, 0.15) is 44.9 Å². The number of nitrogens with zero attached hydrogens (tertiary/aromatic N) is 4. The minimum absolute atomic E-state index is 0.166. The fraction of sp³-hybridized carbons (Fsp3) is 0.769. The summed E-state index contributed by atoms with van der Waals surface area (Å²) in [5.74, 6) is 2.36. The first kappa shape index (κ1) is 14.0. The van der Waals surface area contributed by atoms with Crippen LogP contribution in [-0.2, 0) is 17.8 Å². The maximum absolute atomic E-state index is 12.5. The van der Waals surface area contributed by atoms with Crippen molar-refractivity contribution in [1.29, 1.82) is 0 Å². The van der Waals surface area contributed by atoms with Crippen LogP contribution in [0.2, 0.25) is 0 Å². The number of amides is 1. The normalized spacial score (nSPS) is 19.1. The monoisotopic (exact) mass is 265 g/mol. The van der Waals surface area contributed by atoms with E-state index in [9.17, 15) is 4.79 Å². The van der Waals surface area contributed by atoms with Crippen molar-refractivity contribution < 1.29 is 4.79 Å². The molecule has 1 aliphatic rings. The van der Waals surface area contributed by atoms with Crippen LogP contribution >= 0.6 is 0 Å². The number of rotatable bonds is 5. The third kappa shape index (κ3) is 2.63. The summed E-state index contributed by atoms with van der Waals surface area (Å²) in [6.45, 7) is 8.05. The lowest BCUT2D eigenvalue weighted by atomic mass is 10.0. The summed E-state index contributed by atoms with van der Waals surface area (Å²) in [5, 5.41) is 8.43. The van der Waals surface area contributed by atoms with Gasteiger partial charge in [-0.05, 0) is 25.8 Å². The van der Waals surface area contributed by atoms with Crippen molar-refractivity contribution in [2.24, 2.45) is 11.7 Å². The number of hydrogen-bond acceptors (Lipinski definition) is 4. The minimum Gasteiger partial charge on any atom is -0.334 e. The maximum Gasteiger partial charge on any atom is 0.246 e. The molecule has 0 unspecified atom stereocenters. The van der Waals surface area contributed by atoms with Crippen LogP contribution in [0.5, 0.6) is 0 Å². The van der Waals surface area contributed by atoms with Gasteiger partial charge in [-0.2, -0.15) is 0 Å². The first-order chi connectivity index (χ1) is 9.08. The number of fused-ring (bicyclic) bond motifs is 1. The van der Waals surface area contributed by atoms with Gasteiger partial charge >= 0.3 is 0 Å². The predicted octanol–water partition coefficient (Wildman–Crippen LogP) is 0.729. The molecule has 1 atom stereocenters. The van der Waals surface area contributed by atoms with Gasteiger partial charge in [-0.15, -0.1) is 10.2 Å². The molecular formula is C13H23N5O. The van der Waals surface area contributed by atoms with E-state index in [4.69, 9.17) is 5.73 Å². The van der Waals surface area contributed by atoms with Gasteiger partial charge < -0.3 is 15.2 Å². The van der Waals surface area contributed by atoms with E-state index < -0.39 is 0 Å². The van der Waals surface area contributed by atoms with Gasteiger partial charge in [0.25, 0.3) is 0 Å². The Morgan fingerprint density at radius 2 is 2.16 bits per heavy atom.